The lowest BCUT2D eigenvalue weighted by Crippen LogP contribution is -2.34. The SMILES string of the molecule is C#Cc1cccc(Nc2ncnc3cc(OCCOC)c(OC4CCNCC4)cc23)c1. The van der Waals surface area contributed by atoms with E-state index in [1.54, 1.807) is 7.11 Å². The number of nitrogens with one attached hydrogen (secondary N) is 2. The van der Waals surface area contributed by atoms with E-state index < -0.39 is 0 Å². The fourth-order valence-electron chi connectivity index (χ4n) is 3.52. The minimum atomic E-state index is 0.136. The molecule has 1 aromatic heterocycles. The highest BCUT2D eigenvalue weighted by atomic mass is 16.5. The second kappa shape index (κ2) is 10.1. The quantitative estimate of drug-likeness (QED) is 0.428. The molecule has 160 valence electrons. The second-order valence-corrected chi connectivity index (χ2v) is 7.30. The van der Waals surface area contributed by atoms with Gasteiger partial charge in [-0.2, -0.15) is 0 Å². The zero-order chi connectivity index (χ0) is 21.5. The highest BCUT2D eigenvalue weighted by Gasteiger charge is 2.19. The molecule has 0 aliphatic carbocycles. The monoisotopic (exact) mass is 418 g/mol. The van der Waals surface area contributed by atoms with E-state index in [2.05, 4.69) is 26.5 Å². The molecule has 0 bridgehead atoms. The van der Waals surface area contributed by atoms with Crippen molar-refractivity contribution in [2.24, 2.45) is 0 Å². The highest BCUT2D eigenvalue weighted by Crippen LogP contribution is 2.36. The molecule has 2 heterocycles. The lowest BCUT2D eigenvalue weighted by molar-refractivity contribution is 0.132. The zero-order valence-corrected chi connectivity index (χ0v) is 17.6. The summed E-state index contributed by atoms with van der Waals surface area (Å²) in [6.07, 6.45) is 9.09. The molecule has 3 aromatic rings. The first kappa shape index (κ1) is 20.9. The summed E-state index contributed by atoms with van der Waals surface area (Å²) in [6, 6.07) is 11.5. The number of aromatic nitrogens is 2. The number of piperidine rings is 1. The number of anilines is 2. The van der Waals surface area contributed by atoms with E-state index in [9.17, 15) is 0 Å². The predicted octanol–water partition coefficient (Wildman–Crippen LogP) is 3.51. The van der Waals surface area contributed by atoms with Crippen LogP contribution in [-0.4, -0.2) is 49.5 Å². The number of benzene rings is 2. The van der Waals surface area contributed by atoms with Crippen LogP contribution in [0.15, 0.2) is 42.7 Å². The van der Waals surface area contributed by atoms with Crippen LogP contribution in [0.3, 0.4) is 0 Å². The summed E-state index contributed by atoms with van der Waals surface area (Å²) in [5.41, 5.74) is 2.42. The fourth-order valence-corrected chi connectivity index (χ4v) is 3.52. The standard InChI is InChI=1S/C24H26N4O3/c1-3-17-5-4-6-18(13-17)28-24-20-14-23(31-19-7-9-25-10-8-19)22(30-12-11-29-2)15-21(20)26-16-27-24/h1,4-6,13-16,19,25H,7-12H2,2H3,(H,26,27,28). The number of ether oxygens (including phenoxy) is 3. The summed E-state index contributed by atoms with van der Waals surface area (Å²) in [7, 11) is 1.65. The predicted molar refractivity (Wildman–Crippen MR) is 121 cm³/mol. The van der Waals surface area contributed by atoms with Crippen molar-refractivity contribution in [2.75, 3.05) is 38.7 Å². The smallest absolute Gasteiger partial charge is 0.163 e. The third-order valence-electron chi connectivity index (χ3n) is 5.12. The Kier molecular flexibility index (Phi) is 6.82. The largest absolute Gasteiger partial charge is 0.487 e. The van der Waals surface area contributed by atoms with Crippen molar-refractivity contribution in [1.82, 2.24) is 15.3 Å². The molecular formula is C24H26N4O3. The Morgan fingerprint density at radius 2 is 2.00 bits per heavy atom. The molecule has 7 nitrogen and oxygen atoms in total. The first-order chi connectivity index (χ1) is 15.3. The number of rotatable bonds is 8. The minimum Gasteiger partial charge on any atom is -0.487 e. The second-order valence-electron chi connectivity index (χ2n) is 7.30. The number of hydrogen-bond acceptors (Lipinski definition) is 7. The van der Waals surface area contributed by atoms with Crippen LogP contribution in [-0.2, 0) is 4.74 Å². The Morgan fingerprint density at radius 1 is 1.13 bits per heavy atom. The van der Waals surface area contributed by atoms with E-state index in [0.29, 0.717) is 30.5 Å². The van der Waals surface area contributed by atoms with Crippen molar-refractivity contribution in [1.29, 1.82) is 0 Å². The Bertz CT molecular complexity index is 1070. The molecule has 1 aliphatic heterocycles. The number of methoxy groups -OCH3 is 1. The normalized spacial score (nSPS) is 14.2. The number of fused-ring (bicyclic) bond motifs is 1. The molecule has 1 fully saturated rings. The zero-order valence-electron chi connectivity index (χ0n) is 17.6. The van der Waals surface area contributed by atoms with E-state index in [1.165, 1.54) is 6.33 Å². The van der Waals surface area contributed by atoms with Gasteiger partial charge in [-0.3, -0.25) is 0 Å². The van der Waals surface area contributed by atoms with Gasteiger partial charge in [-0.25, -0.2) is 9.97 Å². The topological polar surface area (TPSA) is 77.5 Å². The molecule has 4 rings (SSSR count). The molecule has 2 N–H and O–H groups in total. The van der Waals surface area contributed by atoms with Crippen LogP contribution in [0.2, 0.25) is 0 Å². The number of hydrogen-bond donors (Lipinski definition) is 2. The van der Waals surface area contributed by atoms with Gasteiger partial charge < -0.3 is 24.8 Å². The third-order valence-corrected chi connectivity index (χ3v) is 5.12. The fraction of sp³-hybridized carbons (Fsp3) is 0.333. The van der Waals surface area contributed by atoms with Crippen LogP contribution in [0.4, 0.5) is 11.5 Å². The van der Waals surface area contributed by atoms with Gasteiger partial charge in [0.25, 0.3) is 0 Å². The number of nitrogens with zero attached hydrogens (tertiary/aromatic N) is 2. The molecule has 0 saturated carbocycles. The summed E-state index contributed by atoms with van der Waals surface area (Å²) >= 11 is 0. The minimum absolute atomic E-state index is 0.136. The molecule has 7 heteroatoms. The Hall–Kier alpha value is -3.34. The maximum absolute atomic E-state index is 6.35. The van der Waals surface area contributed by atoms with Gasteiger partial charge in [0.05, 0.1) is 12.1 Å². The van der Waals surface area contributed by atoms with Crippen molar-refractivity contribution < 1.29 is 14.2 Å². The van der Waals surface area contributed by atoms with Crippen LogP contribution >= 0.6 is 0 Å². The summed E-state index contributed by atoms with van der Waals surface area (Å²) in [4.78, 5) is 8.88. The van der Waals surface area contributed by atoms with Gasteiger partial charge in [0.1, 0.15) is 24.9 Å². The van der Waals surface area contributed by atoms with Crippen LogP contribution < -0.4 is 20.1 Å². The van der Waals surface area contributed by atoms with Crippen molar-refractivity contribution in [3.05, 3.63) is 48.3 Å². The van der Waals surface area contributed by atoms with Crippen molar-refractivity contribution >= 4 is 22.4 Å². The van der Waals surface area contributed by atoms with Crippen molar-refractivity contribution in [3.8, 4) is 23.8 Å². The van der Waals surface area contributed by atoms with Gasteiger partial charge in [0.15, 0.2) is 11.5 Å². The van der Waals surface area contributed by atoms with Gasteiger partial charge in [-0.05, 0) is 50.2 Å². The first-order valence-corrected chi connectivity index (χ1v) is 10.4. The van der Waals surface area contributed by atoms with Gasteiger partial charge >= 0.3 is 0 Å². The summed E-state index contributed by atoms with van der Waals surface area (Å²) in [5, 5.41) is 7.56. The van der Waals surface area contributed by atoms with Gasteiger partial charge in [-0.1, -0.05) is 12.0 Å². The third kappa shape index (κ3) is 5.23. The van der Waals surface area contributed by atoms with Crippen LogP contribution in [0, 0.1) is 12.3 Å². The van der Waals surface area contributed by atoms with Crippen LogP contribution in [0.25, 0.3) is 10.9 Å². The summed E-state index contributed by atoms with van der Waals surface area (Å²) < 4.78 is 17.4. The highest BCUT2D eigenvalue weighted by molar-refractivity contribution is 5.93. The Morgan fingerprint density at radius 3 is 2.81 bits per heavy atom. The van der Waals surface area contributed by atoms with E-state index in [1.807, 2.05) is 36.4 Å². The summed E-state index contributed by atoms with van der Waals surface area (Å²) in [6.45, 7) is 2.81. The Balaban J connectivity index is 1.69. The molecule has 0 radical (unpaired) electrons. The molecule has 0 unspecified atom stereocenters. The Labute approximate surface area is 182 Å². The average molecular weight is 418 g/mol. The lowest BCUT2D eigenvalue weighted by Gasteiger charge is -2.25. The van der Waals surface area contributed by atoms with Gasteiger partial charge in [0, 0.05) is 29.8 Å². The van der Waals surface area contributed by atoms with Crippen LogP contribution in [0.1, 0.15) is 18.4 Å². The van der Waals surface area contributed by atoms with E-state index in [4.69, 9.17) is 20.6 Å². The van der Waals surface area contributed by atoms with E-state index in [-0.39, 0.29) is 6.10 Å². The maximum Gasteiger partial charge on any atom is 0.163 e. The number of terminal acetylenes is 1. The van der Waals surface area contributed by atoms with Crippen molar-refractivity contribution in [2.45, 2.75) is 18.9 Å². The molecule has 1 aliphatic rings. The van der Waals surface area contributed by atoms with Crippen LogP contribution in [0.5, 0.6) is 11.5 Å². The van der Waals surface area contributed by atoms with Gasteiger partial charge in [0.2, 0.25) is 0 Å². The molecule has 31 heavy (non-hydrogen) atoms. The van der Waals surface area contributed by atoms with Gasteiger partial charge in [-0.15, -0.1) is 6.42 Å². The molecular weight excluding hydrogens is 392 g/mol. The lowest BCUT2D eigenvalue weighted by atomic mass is 10.1. The van der Waals surface area contributed by atoms with Crippen molar-refractivity contribution in [3.63, 3.8) is 0 Å². The van der Waals surface area contributed by atoms with E-state index >= 15 is 0 Å². The molecule has 0 amide bonds. The summed E-state index contributed by atoms with van der Waals surface area (Å²) in [5.74, 6) is 4.67. The molecule has 2 aromatic carbocycles. The molecule has 0 atom stereocenters. The first-order valence-electron chi connectivity index (χ1n) is 10.4. The average Bonchev–Trinajstić information content (AvgIpc) is 2.81. The van der Waals surface area contributed by atoms with E-state index in [0.717, 1.165) is 48.1 Å². The molecule has 0 spiro atoms. The maximum atomic E-state index is 6.35. The molecule has 1 saturated heterocycles.